The Morgan fingerprint density at radius 2 is 0.537 bits per heavy atom. The van der Waals surface area contributed by atoms with Gasteiger partial charge in [0, 0.05) is 0 Å². The van der Waals surface area contributed by atoms with Crippen molar-refractivity contribution in [2.24, 2.45) is 0 Å². The molecule has 9 heteroatoms. The van der Waals surface area contributed by atoms with Crippen LogP contribution in [0.3, 0.4) is 0 Å². The van der Waals surface area contributed by atoms with E-state index in [1.807, 2.05) is 79.7 Å². The van der Waals surface area contributed by atoms with Crippen LogP contribution in [0.2, 0.25) is 0 Å². The fourth-order valence-electron chi connectivity index (χ4n) is 4.77. The molecule has 0 unspecified atom stereocenters. The van der Waals surface area contributed by atoms with Crippen molar-refractivity contribution in [3.05, 3.63) is 117 Å². The number of nitrogens with one attached hydrogen (secondary N) is 1. The van der Waals surface area contributed by atoms with Gasteiger partial charge in [-0.25, -0.2) is 9.13 Å². The quantitative estimate of drug-likeness (QED) is 0.183. The second-order valence-corrected chi connectivity index (χ2v) is 14.3. The number of aryl methyl sites for hydroxylation is 8. The van der Waals surface area contributed by atoms with Gasteiger partial charge in [-0.2, -0.15) is 0 Å². The van der Waals surface area contributed by atoms with Gasteiger partial charge >= 0.3 is 15.5 Å². The summed E-state index contributed by atoms with van der Waals surface area (Å²) in [6.07, 6.45) is 0. The highest BCUT2D eigenvalue weighted by Gasteiger charge is 2.43. The minimum Gasteiger partial charge on any atom is -0.404 e. The van der Waals surface area contributed by atoms with Crippen LogP contribution in [0.1, 0.15) is 44.5 Å². The minimum atomic E-state index is -4.45. The summed E-state index contributed by atoms with van der Waals surface area (Å²) in [6, 6.07) is 21.7. The molecule has 216 valence electrons. The molecule has 0 aliphatic carbocycles. The molecule has 4 rings (SSSR count). The van der Waals surface area contributed by atoms with Crippen LogP contribution >= 0.6 is 15.5 Å². The number of rotatable bonds is 10. The molecule has 0 fully saturated rings. The van der Waals surface area contributed by atoms with Gasteiger partial charge in [-0.05, 0) is 148 Å². The third kappa shape index (κ3) is 8.74. The van der Waals surface area contributed by atoms with E-state index in [1.165, 1.54) is 0 Å². The monoisotopic (exact) mass is 593 g/mol. The first-order valence-electron chi connectivity index (χ1n) is 13.3. The van der Waals surface area contributed by atoms with Crippen molar-refractivity contribution in [3.8, 4) is 23.0 Å². The lowest BCUT2D eigenvalue weighted by Crippen LogP contribution is -2.22. The second-order valence-electron chi connectivity index (χ2n) is 10.8. The highest BCUT2D eigenvalue weighted by molar-refractivity contribution is 7.68. The fourth-order valence-corrected chi connectivity index (χ4v) is 8.23. The molecule has 4 aromatic rings. The zero-order valence-corrected chi connectivity index (χ0v) is 26.6. The number of hydrogen-bond donors (Lipinski definition) is 1. The van der Waals surface area contributed by atoms with Gasteiger partial charge in [0.2, 0.25) is 0 Å². The maximum absolute atomic E-state index is 14.6. The van der Waals surface area contributed by atoms with Crippen molar-refractivity contribution < 1.29 is 27.2 Å². The molecule has 0 aromatic heterocycles. The summed E-state index contributed by atoms with van der Waals surface area (Å²) in [5.41, 5.74) is 7.22. The summed E-state index contributed by atoms with van der Waals surface area (Å²) in [5.74, 6) is 1.14. The van der Waals surface area contributed by atoms with E-state index in [0.29, 0.717) is 0 Å². The molecule has 4 aromatic carbocycles. The summed E-state index contributed by atoms with van der Waals surface area (Å²) in [4.78, 5) is 2.58. The van der Waals surface area contributed by atoms with E-state index in [9.17, 15) is 9.13 Å². The summed E-state index contributed by atoms with van der Waals surface area (Å²) >= 11 is 0. The molecule has 1 N–H and O–H groups in total. The predicted octanol–water partition coefficient (Wildman–Crippen LogP) is 9.58. The molecule has 0 bridgehead atoms. The number of benzene rings is 4. The van der Waals surface area contributed by atoms with Crippen LogP contribution in [-0.4, -0.2) is 0 Å². The van der Waals surface area contributed by atoms with Crippen LogP contribution in [-0.2, 0) is 9.13 Å². The van der Waals surface area contributed by atoms with Crippen molar-refractivity contribution >= 4 is 15.5 Å². The van der Waals surface area contributed by atoms with Crippen LogP contribution in [0.25, 0.3) is 0 Å². The van der Waals surface area contributed by atoms with Crippen molar-refractivity contribution in [2.75, 3.05) is 0 Å². The average molecular weight is 594 g/mol. The lowest BCUT2D eigenvalue weighted by Gasteiger charge is -2.26. The molecular weight excluding hydrogens is 556 g/mol. The molecular formula is C32H37NO6P2. The molecule has 7 nitrogen and oxygen atoms in total. The van der Waals surface area contributed by atoms with Crippen molar-refractivity contribution in [3.63, 3.8) is 0 Å². The minimum absolute atomic E-state index is 0.284. The topological polar surface area (TPSA) is 83.1 Å². The Morgan fingerprint density at radius 3 is 0.707 bits per heavy atom. The van der Waals surface area contributed by atoms with Crippen LogP contribution in [0.5, 0.6) is 23.0 Å². The SMILES string of the molecule is Cc1cc(C)cc(OP(=O)(NP(=O)(Oc2cc(C)cc(C)c2)Oc2cc(C)cc(C)c2)Oc2cc(C)cc(C)c2)c1. The standard InChI is InChI=1S/C32H37NO6P2/c1-21-9-22(2)14-29(13-21)36-40(34,37-30-15-23(3)10-24(4)16-30)33-41(35,38-31-17-25(5)11-26(6)18-31)39-32-19-27(7)12-28(8)20-32/h9-20H,1-8H3,(H,33,34,35). The lowest BCUT2D eigenvalue weighted by atomic mass is 10.1. The first-order chi connectivity index (χ1) is 19.2. The van der Waals surface area contributed by atoms with Crippen LogP contribution in [0.4, 0.5) is 0 Å². The maximum atomic E-state index is 14.6. The summed E-state index contributed by atoms with van der Waals surface area (Å²) in [5, 5.41) is 0. The van der Waals surface area contributed by atoms with Gasteiger partial charge in [-0.15, -0.1) is 0 Å². The smallest absolute Gasteiger partial charge is 0.404 e. The lowest BCUT2D eigenvalue weighted by molar-refractivity contribution is 0.353. The van der Waals surface area contributed by atoms with Crippen molar-refractivity contribution in [1.29, 1.82) is 0 Å². The molecule has 0 amide bonds. The highest BCUT2D eigenvalue weighted by Crippen LogP contribution is 2.57. The summed E-state index contributed by atoms with van der Waals surface area (Å²) < 4.78 is 53.2. The average Bonchev–Trinajstić information content (AvgIpc) is 2.75. The third-order valence-corrected chi connectivity index (χ3v) is 9.69. The maximum Gasteiger partial charge on any atom is 0.524 e. The molecule has 0 atom stereocenters. The number of hydrogen-bond acceptors (Lipinski definition) is 6. The zero-order chi connectivity index (χ0) is 29.9. The predicted molar refractivity (Wildman–Crippen MR) is 165 cm³/mol. The zero-order valence-electron chi connectivity index (χ0n) is 24.8. The largest absolute Gasteiger partial charge is 0.524 e. The van der Waals surface area contributed by atoms with Gasteiger partial charge in [0.05, 0.1) is 0 Å². The van der Waals surface area contributed by atoms with E-state index in [-0.39, 0.29) is 23.0 Å². The molecule has 41 heavy (non-hydrogen) atoms. The van der Waals surface area contributed by atoms with Crippen LogP contribution < -0.4 is 23.0 Å². The van der Waals surface area contributed by atoms with Crippen molar-refractivity contribution in [1.82, 2.24) is 4.86 Å². The molecule has 0 radical (unpaired) electrons. The Bertz CT molecular complexity index is 1360. The molecule has 0 heterocycles. The normalized spacial score (nSPS) is 11.7. The van der Waals surface area contributed by atoms with Gasteiger partial charge in [0.15, 0.2) is 0 Å². The first kappa shape index (κ1) is 30.5. The van der Waals surface area contributed by atoms with Gasteiger partial charge < -0.3 is 18.1 Å². The Labute approximate surface area is 243 Å². The molecule has 0 saturated carbocycles. The second kappa shape index (κ2) is 12.2. The third-order valence-electron chi connectivity index (χ3n) is 5.93. The molecule has 0 spiro atoms. The van der Waals surface area contributed by atoms with E-state index in [2.05, 4.69) is 4.86 Å². The van der Waals surface area contributed by atoms with Gasteiger partial charge in [-0.3, -0.25) is 0 Å². The summed E-state index contributed by atoms with van der Waals surface area (Å²) in [6.45, 7) is 15.2. The Kier molecular flexibility index (Phi) is 9.03. The Hall–Kier alpha value is -3.50. The van der Waals surface area contributed by atoms with E-state index < -0.39 is 15.5 Å². The van der Waals surface area contributed by atoms with Gasteiger partial charge in [0.1, 0.15) is 23.0 Å². The first-order valence-corrected chi connectivity index (χ1v) is 16.4. The Morgan fingerprint density at radius 1 is 0.366 bits per heavy atom. The van der Waals surface area contributed by atoms with Gasteiger partial charge in [0.25, 0.3) is 0 Å². The van der Waals surface area contributed by atoms with Crippen LogP contribution in [0.15, 0.2) is 72.8 Å². The van der Waals surface area contributed by atoms with Crippen molar-refractivity contribution in [2.45, 2.75) is 55.4 Å². The van der Waals surface area contributed by atoms with E-state index in [1.54, 1.807) is 48.5 Å². The van der Waals surface area contributed by atoms with E-state index in [4.69, 9.17) is 18.1 Å². The fraction of sp³-hybridized carbons (Fsp3) is 0.250. The van der Waals surface area contributed by atoms with E-state index in [0.717, 1.165) is 44.5 Å². The summed E-state index contributed by atoms with van der Waals surface area (Å²) in [7, 11) is -8.90. The van der Waals surface area contributed by atoms with Gasteiger partial charge in [-0.1, -0.05) is 29.1 Å². The van der Waals surface area contributed by atoms with E-state index >= 15 is 0 Å². The molecule has 0 aliphatic rings. The molecule has 0 saturated heterocycles. The highest BCUT2D eigenvalue weighted by atomic mass is 31.3. The van der Waals surface area contributed by atoms with Crippen LogP contribution in [0, 0.1) is 55.4 Å². The molecule has 0 aliphatic heterocycles. The Balaban J connectivity index is 1.81.